The first kappa shape index (κ1) is 22.3. The lowest BCUT2D eigenvalue weighted by atomic mass is 10.0. The van der Waals surface area contributed by atoms with Crippen molar-refractivity contribution in [2.24, 2.45) is 0 Å². The maximum Gasteiger partial charge on any atom is 0.416 e. The van der Waals surface area contributed by atoms with Gasteiger partial charge in [-0.05, 0) is 48.7 Å². The summed E-state index contributed by atoms with van der Waals surface area (Å²) in [5.74, 6) is 0. The number of urea groups is 1. The van der Waals surface area contributed by atoms with Crippen molar-refractivity contribution >= 4 is 12.1 Å². The van der Waals surface area contributed by atoms with E-state index in [4.69, 9.17) is 4.74 Å². The smallest absolute Gasteiger partial charge is 0.416 e. The molecule has 0 fully saturated rings. The van der Waals surface area contributed by atoms with Crippen LogP contribution in [-0.2, 0) is 24.0 Å². The Kier molecular flexibility index (Phi) is 8.12. The Hall–Kier alpha value is -2.96. The number of hydrogen-bond acceptors (Lipinski definition) is 2. The molecule has 0 aromatic heterocycles. The molecule has 1 N–H and O–H groups in total. The Bertz CT molecular complexity index is 821. The van der Waals surface area contributed by atoms with Crippen molar-refractivity contribution in [3.05, 3.63) is 77.0 Å². The lowest BCUT2D eigenvalue weighted by Crippen LogP contribution is -2.39. The number of alkyl halides is 3. The van der Waals surface area contributed by atoms with E-state index in [9.17, 15) is 18.0 Å². The van der Waals surface area contributed by atoms with E-state index in [-0.39, 0.29) is 12.6 Å². The molecule has 0 atom stereocenters. The molecule has 0 saturated heterocycles. The summed E-state index contributed by atoms with van der Waals surface area (Å²) in [4.78, 5) is 14.0. The molecule has 0 aliphatic heterocycles. The summed E-state index contributed by atoms with van der Waals surface area (Å²) >= 11 is 0. The summed E-state index contributed by atoms with van der Waals surface area (Å²) in [6, 6.07) is 12.6. The summed E-state index contributed by atoms with van der Waals surface area (Å²) in [6.45, 7) is 4.79. The zero-order chi connectivity index (χ0) is 21.3. The van der Waals surface area contributed by atoms with Crippen molar-refractivity contribution in [2.75, 3.05) is 13.2 Å². The Morgan fingerprint density at radius 1 is 1.14 bits per heavy atom. The van der Waals surface area contributed by atoms with Gasteiger partial charge in [-0.25, -0.2) is 4.79 Å². The van der Waals surface area contributed by atoms with Gasteiger partial charge in [-0.1, -0.05) is 36.4 Å². The van der Waals surface area contributed by atoms with E-state index in [0.717, 1.165) is 17.7 Å². The number of benzene rings is 2. The Balaban J connectivity index is 2.19. The molecule has 156 valence electrons. The van der Waals surface area contributed by atoms with Crippen molar-refractivity contribution in [1.82, 2.24) is 10.2 Å². The quantitative estimate of drug-likeness (QED) is 0.593. The minimum atomic E-state index is -4.45. The predicted molar refractivity (Wildman–Crippen MR) is 107 cm³/mol. The van der Waals surface area contributed by atoms with Gasteiger partial charge in [0.25, 0.3) is 0 Å². The maximum absolute atomic E-state index is 13.2. The first-order valence-electron chi connectivity index (χ1n) is 9.40. The highest BCUT2D eigenvalue weighted by Crippen LogP contribution is 2.31. The van der Waals surface area contributed by atoms with Crippen LogP contribution in [-0.4, -0.2) is 24.1 Å². The summed E-state index contributed by atoms with van der Waals surface area (Å²) in [6.07, 6.45) is -1.41. The molecule has 0 spiro atoms. The second kappa shape index (κ2) is 10.5. The van der Waals surface area contributed by atoms with Crippen LogP contribution in [0.15, 0.2) is 54.8 Å². The van der Waals surface area contributed by atoms with Gasteiger partial charge in [-0.3, -0.25) is 0 Å². The Morgan fingerprint density at radius 2 is 1.86 bits per heavy atom. The van der Waals surface area contributed by atoms with E-state index in [0.29, 0.717) is 30.8 Å². The lowest BCUT2D eigenvalue weighted by molar-refractivity contribution is -0.137. The second-order valence-electron chi connectivity index (χ2n) is 6.33. The average molecular weight is 406 g/mol. The van der Waals surface area contributed by atoms with Crippen LogP contribution in [0.5, 0.6) is 0 Å². The first-order chi connectivity index (χ1) is 13.8. The highest BCUT2D eigenvalue weighted by Gasteiger charge is 2.31. The van der Waals surface area contributed by atoms with Gasteiger partial charge in [0, 0.05) is 19.6 Å². The summed E-state index contributed by atoms with van der Waals surface area (Å²) in [5.41, 5.74) is 1.16. The van der Waals surface area contributed by atoms with Crippen LogP contribution in [0, 0.1) is 0 Å². The van der Waals surface area contributed by atoms with Gasteiger partial charge in [0.05, 0.1) is 18.4 Å². The van der Waals surface area contributed by atoms with Gasteiger partial charge in [-0.15, -0.1) is 0 Å². The number of amides is 2. The fourth-order valence-electron chi connectivity index (χ4n) is 2.72. The fraction of sp³-hybridized carbons (Fsp3) is 0.318. The molecule has 2 rings (SSSR count). The van der Waals surface area contributed by atoms with Gasteiger partial charge in [-0.2, -0.15) is 13.2 Å². The van der Waals surface area contributed by atoms with Crippen LogP contribution in [0.2, 0.25) is 0 Å². The number of hydrogen-bond donors (Lipinski definition) is 1. The molecular formula is C22H25F3N2O2. The highest BCUT2D eigenvalue weighted by molar-refractivity contribution is 5.74. The third-order valence-corrected chi connectivity index (χ3v) is 4.30. The van der Waals surface area contributed by atoms with Crippen LogP contribution in [0.1, 0.15) is 36.1 Å². The van der Waals surface area contributed by atoms with E-state index in [1.54, 1.807) is 13.0 Å². The topological polar surface area (TPSA) is 41.6 Å². The van der Waals surface area contributed by atoms with Gasteiger partial charge in [0.2, 0.25) is 0 Å². The predicted octanol–water partition coefficient (Wildman–Crippen LogP) is 5.44. The molecular weight excluding hydrogens is 381 g/mol. The van der Waals surface area contributed by atoms with E-state index >= 15 is 0 Å². The third kappa shape index (κ3) is 6.85. The van der Waals surface area contributed by atoms with Gasteiger partial charge in [0.1, 0.15) is 0 Å². The molecule has 2 amide bonds. The minimum Gasteiger partial charge on any atom is -0.501 e. The Labute approximate surface area is 169 Å². The van der Waals surface area contributed by atoms with Crippen LogP contribution in [0.3, 0.4) is 0 Å². The first-order valence-corrected chi connectivity index (χ1v) is 9.40. The third-order valence-electron chi connectivity index (χ3n) is 4.30. The van der Waals surface area contributed by atoms with Crippen molar-refractivity contribution in [3.63, 3.8) is 0 Å². The van der Waals surface area contributed by atoms with E-state index < -0.39 is 11.7 Å². The fourth-order valence-corrected chi connectivity index (χ4v) is 2.72. The van der Waals surface area contributed by atoms with Gasteiger partial charge < -0.3 is 15.0 Å². The highest BCUT2D eigenvalue weighted by atomic mass is 19.4. The SMILES string of the molecule is CCO/C=C\c1ccc(C(F)(F)F)cc1CN(CC)C(=O)NCc1ccccc1. The molecule has 2 aromatic rings. The molecule has 0 heterocycles. The second-order valence-corrected chi connectivity index (χ2v) is 6.33. The van der Waals surface area contributed by atoms with Crippen molar-refractivity contribution in [2.45, 2.75) is 33.1 Å². The zero-order valence-electron chi connectivity index (χ0n) is 16.5. The van der Waals surface area contributed by atoms with E-state index in [1.165, 1.54) is 17.2 Å². The minimum absolute atomic E-state index is 0.0485. The van der Waals surface area contributed by atoms with E-state index in [2.05, 4.69) is 5.32 Å². The molecule has 0 radical (unpaired) electrons. The molecule has 0 bridgehead atoms. The lowest BCUT2D eigenvalue weighted by Gasteiger charge is -2.23. The number of carbonyl (C=O) groups excluding carboxylic acids is 1. The number of carbonyl (C=O) groups is 1. The monoisotopic (exact) mass is 406 g/mol. The zero-order valence-corrected chi connectivity index (χ0v) is 16.5. The van der Waals surface area contributed by atoms with Crippen molar-refractivity contribution < 1.29 is 22.7 Å². The van der Waals surface area contributed by atoms with Gasteiger partial charge >= 0.3 is 12.2 Å². The van der Waals surface area contributed by atoms with E-state index in [1.807, 2.05) is 37.3 Å². The molecule has 0 saturated carbocycles. The van der Waals surface area contributed by atoms with Crippen LogP contribution in [0.25, 0.3) is 6.08 Å². The van der Waals surface area contributed by atoms with Crippen LogP contribution < -0.4 is 5.32 Å². The Morgan fingerprint density at radius 3 is 2.48 bits per heavy atom. The summed E-state index contributed by atoms with van der Waals surface area (Å²) < 4.78 is 44.6. The number of ether oxygens (including phenoxy) is 1. The summed E-state index contributed by atoms with van der Waals surface area (Å²) in [7, 11) is 0. The van der Waals surface area contributed by atoms with Crippen molar-refractivity contribution in [1.29, 1.82) is 0 Å². The van der Waals surface area contributed by atoms with Crippen LogP contribution in [0.4, 0.5) is 18.0 Å². The molecule has 7 heteroatoms. The molecule has 4 nitrogen and oxygen atoms in total. The number of halogens is 3. The number of rotatable bonds is 8. The van der Waals surface area contributed by atoms with Crippen LogP contribution >= 0.6 is 0 Å². The summed E-state index contributed by atoms with van der Waals surface area (Å²) in [5, 5.41) is 2.81. The standard InChI is InChI=1S/C22H25F3N2O2/c1-3-27(21(28)26-15-17-8-6-5-7-9-17)16-19-14-20(22(23,24)25)11-10-18(19)12-13-29-4-2/h5-14H,3-4,15-16H2,1-2H3,(H,26,28)/b13-12-. The van der Waals surface area contributed by atoms with Gasteiger partial charge in [0.15, 0.2) is 0 Å². The van der Waals surface area contributed by atoms with Crippen molar-refractivity contribution in [3.8, 4) is 0 Å². The average Bonchev–Trinajstić information content (AvgIpc) is 2.71. The molecule has 29 heavy (non-hydrogen) atoms. The maximum atomic E-state index is 13.2. The largest absolute Gasteiger partial charge is 0.501 e. The molecule has 0 aliphatic rings. The normalized spacial score (nSPS) is 11.5. The molecule has 2 aromatic carbocycles. The number of nitrogens with one attached hydrogen (secondary N) is 1. The molecule has 0 aliphatic carbocycles. The number of nitrogens with zero attached hydrogens (tertiary/aromatic N) is 1. The molecule has 0 unspecified atom stereocenters.